The minimum atomic E-state index is -0.435. The maximum Gasteiger partial charge on any atom is 0.332 e. The van der Waals surface area contributed by atoms with Crippen LogP contribution in [0.4, 0.5) is 15.9 Å². The van der Waals surface area contributed by atoms with Crippen LogP contribution in [-0.4, -0.2) is 9.13 Å². The summed E-state index contributed by atoms with van der Waals surface area (Å²) in [6.45, 7) is 7.94. The second-order valence-electron chi connectivity index (χ2n) is 4.56. The lowest BCUT2D eigenvalue weighted by atomic mass is 10.2. The maximum absolute atomic E-state index is 13.8. The van der Waals surface area contributed by atoms with E-state index in [9.17, 15) is 14.0 Å². The van der Waals surface area contributed by atoms with Crippen LogP contribution >= 0.6 is 0 Å². The number of aryl methyl sites for hydroxylation is 1. The molecule has 1 aromatic carbocycles. The number of anilines is 2. The zero-order chi connectivity index (χ0) is 16.9. The fraction of sp³-hybridized carbons (Fsp3) is 0.375. The molecule has 1 N–H and O–H groups in total. The number of nitrogens with zero attached hydrogens (tertiary/aromatic N) is 2. The zero-order valence-corrected chi connectivity index (χ0v) is 13.6. The summed E-state index contributed by atoms with van der Waals surface area (Å²) in [6, 6.07) is 6.00. The zero-order valence-electron chi connectivity index (χ0n) is 13.6. The Labute approximate surface area is 129 Å². The van der Waals surface area contributed by atoms with Crippen LogP contribution in [0.15, 0.2) is 33.9 Å². The number of hydrogen-bond donors (Lipinski definition) is 1. The van der Waals surface area contributed by atoms with Crippen molar-refractivity contribution in [1.29, 1.82) is 0 Å². The van der Waals surface area contributed by atoms with Gasteiger partial charge in [0.2, 0.25) is 0 Å². The van der Waals surface area contributed by atoms with Crippen LogP contribution in [0, 0.1) is 12.7 Å². The number of aromatic nitrogens is 2. The molecule has 1 aromatic heterocycles. The predicted octanol–water partition coefficient (Wildman–Crippen LogP) is 2.78. The van der Waals surface area contributed by atoms with Crippen LogP contribution < -0.4 is 16.6 Å². The van der Waals surface area contributed by atoms with Crippen molar-refractivity contribution in [3.63, 3.8) is 0 Å². The minimum Gasteiger partial charge on any atom is -0.339 e. The third kappa shape index (κ3) is 3.63. The summed E-state index contributed by atoms with van der Waals surface area (Å²) in [5, 5.41) is 2.80. The molecule has 0 aliphatic rings. The molecule has 22 heavy (non-hydrogen) atoms. The smallest absolute Gasteiger partial charge is 0.332 e. The van der Waals surface area contributed by atoms with Gasteiger partial charge in [-0.05, 0) is 31.5 Å². The van der Waals surface area contributed by atoms with Gasteiger partial charge < -0.3 is 5.32 Å². The fourth-order valence-corrected chi connectivity index (χ4v) is 1.94. The predicted molar refractivity (Wildman–Crippen MR) is 87.4 cm³/mol. The van der Waals surface area contributed by atoms with E-state index in [1.54, 1.807) is 26.0 Å². The lowest BCUT2D eigenvalue weighted by Crippen LogP contribution is -2.38. The molecule has 0 spiro atoms. The molecule has 0 aliphatic carbocycles. The lowest BCUT2D eigenvalue weighted by Gasteiger charge is -2.14. The first-order chi connectivity index (χ1) is 10.4. The molecule has 5 nitrogen and oxygen atoms in total. The molecule has 2 rings (SSSR count). The van der Waals surface area contributed by atoms with Gasteiger partial charge >= 0.3 is 5.69 Å². The molecule has 0 amide bonds. The highest BCUT2D eigenvalue weighted by molar-refractivity contribution is 5.57. The maximum atomic E-state index is 13.8. The fourth-order valence-electron chi connectivity index (χ4n) is 1.94. The molecule has 0 saturated carbocycles. The van der Waals surface area contributed by atoms with Crippen molar-refractivity contribution in [2.24, 2.45) is 7.05 Å². The molecule has 0 unspecified atom stereocenters. The molecule has 2 aromatic rings. The van der Waals surface area contributed by atoms with Gasteiger partial charge in [0.25, 0.3) is 5.56 Å². The highest BCUT2D eigenvalue weighted by Crippen LogP contribution is 2.19. The molecule has 1 heterocycles. The number of halogens is 1. The Hall–Kier alpha value is -2.37. The number of nitrogens with one attached hydrogen (secondary N) is 1. The van der Waals surface area contributed by atoms with Gasteiger partial charge in [-0.25, -0.2) is 9.18 Å². The van der Waals surface area contributed by atoms with E-state index in [1.165, 1.54) is 23.7 Å². The van der Waals surface area contributed by atoms with Gasteiger partial charge in [0.05, 0.1) is 5.69 Å². The third-order valence-electron chi connectivity index (χ3n) is 3.10. The van der Waals surface area contributed by atoms with Crippen molar-refractivity contribution < 1.29 is 4.39 Å². The van der Waals surface area contributed by atoms with Gasteiger partial charge in [-0.1, -0.05) is 19.9 Å². The first-order valence-electron chi connectivity index (χ1n) is 7.28. The van der Waals surface area contributed by atoms with Crippen molar-refractivity contribution in [2.45, 2.75) is 34.2 Å². The number of benzene rings is 1. The first kappa shape index (κ1) is 17.7. The van der Waals surface area contributed by atoms with Crippen LogP contribution in [0.1, 0.15) is 26.3 Å². The molecule has 0 fully saturated rings. The summed E-state index contributed by atoms with van der Waals surface area (Å²) in [4.78, 5) is 23.6. The van der Waals surface area contributed by atoms with Crippen molar-refractivity contribution in [3.05, 3.63) is 56.5 Å². The van der Waals surface area contributed by atoms with Crippen LogP contribution in [0.3, 0.4) is 0 Å². The van der Waals surface area contributed by atoms with Gasteiger partial charge in [-0.3, -0.25) is 13.9 Å². The average molecular weight is 307 g/mol. The van der Waals surface area contributed by atoms with E-state index >= 15 is 0 Å². The van der Waals surface area contributed by atoms with Gasteiger partial charge in [0, 0.05) is 19.7 Å². The van der Waals surface area contributed by atoms with E-state index in [4.69, 9.17) is 0 Å². The van der Waals surface area contributed by atoms with Crippen LogP contribution in [0.5, 0.6) is 0 Å². The first-order valence-corrected chi connectivity index (χ1v) is 7.28. The Morgan fingerprint density at radius 3 is 2.36 bits per heavy atom. The highest BCUT2D eigenvalue weighted by atomic mass is 19.1. The normalized spacial score (nSPS) is 9.91. The van der Waals surface area contributed by atoms with Gasteiger partial charge in [-0.15, -0.1) is 0 Å². The molecular weight excluding hydrogens is 285 g/mol. The van der Waals surface area contributed by atoms with E-state index in [2.05, 4.69) is 5.32 Å². The van der Waals surface area contributed by atoms with Gasteiger partial charge in [0.1, 0.15) is 11.6 Å². The Morgan fingerprint density at radius 2 is 1.82 bits per heavy atom. The molecule has 120 valence electrons. The molecule has 0 radical (unpaired) electrons. The van der Waals surface area contributed by atoms with Gasteiger partial charge in [0.15, 0.2) is 0 Å². The summed E-state index contributed by atoms with van der Waals surface area (Å²) in [6.07, 6.45) is 0. The second kappa shape index (κ2) is 7.59. The summed E-state index contributed by atoms with van der Waals surface area (Å²) in [5.74, 6) is -0.149. The van der Waals surface area contributed by atoms with Gasteiger partial charge in [-0.2, -0.15) is 0 Å². The summed E-state index contributed by atoms with van der Waals surface area (Å²) < 4.78 is 16.2. The lowest BCUT2D eigenvalue weighted by molar-refractivity contribution is 0.624. The SMILES string of the molecule is CC.CCn1c(Nc2ccc(C)cc2F)cc(=O)n(C)c1=O. The molecular formula is C16H22FN3O2. The quantitative estimate of drug-likeness (QED) is 0.948. The van der Waals surface area contributed by atoms with Crippen LogP contribution in [0.2, 0.25) is 0 Å². The highest BCUT2D eigenvalue weighted by Gasteiger charge is 2.10. The largest absolute Gasteiger partial charge is 0.339 e. The molecule has 0 bridgehead atoms. The van der Waals surface area contributed by atoms with Crippen LogP contribution in [0.25, 0.3) is 0 Å². The van der Waals surface area contributed by atoms with E-state index in [-0.39, 0.29) is 11.5 Å². The van der Waals surface area contributed by atoms with Crippen LogP contribution in [-0.2, 0) is 13.6 Å². The van der Waals surface area contributed by atoms with E-state index in [0.717, 1.165) is 10.1 Å². The third-order valence-corrected chi connectivity index (χ3v) is 3.10. The van der Waals surface area contributed by atoms with E-state index in [0.29, 0.717) is 6.54 Å². The summed E-state index contributed by atoms with van der Waals surface area (Å²) in [7, 11) is 1.41. The van der Waals surface area contributed by atoms with E-state index < -0.39 is 17.1 Å². The molecule has 6 heteroatoms. The summed E-state index contributed by atoms with van der Waals surface area (Å²) >= 11 is 0. The van der Waals surface area contributed by atoms with Crippen molar-refractivity contribution in [1.82, 2.24) is 9.13 Å². The van der Waals surface area contributed by atoms with Crippen molar-refractivity contribution in [3.8, 4) is 0 Å². The minimum absolute atomic E-state index is 0.227. The number of rotatable bonds is 3. The standard InChI is InChI=1S/C14H16FN3O2.C2H6/c1-4-18-12(8-13(19)17(3)14(18)20)16-11-6-5-9(2)7-10(11)15;1-2/h5-8,16H,4H2,1-3H3;1-2H3. The second-order valence-corrected chi connectivity index (χ2v) is 4.56. The Balaban J connectivity index is 0.00000116. The topological polar surface area (TPSA) is 56.0 Å². The number of hydrogen-bond acceptors (Lipinski definition) is 3. The monoisotopic (exact) mass is 307 g/mol. The molecule has 0 atom stereocenters. The molecule has 0 aliphatic heterocycles. The van der Waals surface area contributed by atoms with Crippen molar-refractivity contribution >= 4 is 11.5 Å². The molecule has 0 saturated heterocycles. The Morgan fingerprint density at radius 1 is 1.18 bits per heavy atom. The van der Waals surface area contributed by atoms with E-state index in [1.807, 2.05) is 13.8 Å². The Kier molecular flexibility index (Phi) is 6.10. The van der Waals surface area contributed by atoms with Crippen molar-refractivity contribution in [2.75, 3.05) is 5.32 Å². The Bertz CT molecular complexity index is 763. The average Bonchev–Trinajstić information content (AvgIpc) is 2.50. The summed E-state index contributed by atoms with van der Waals surface area (Å²) in [5.41, 5.74) is 0.153.